The number of nitrogens with one attached hydrogen (secondary N) is 2. The number of aromatic nitrogens is 2. The number of fused-ring (bicyclic) bond motifs is 1. The highest BCUT2D eigenvalue weighted by Gasteiger charge is 2.46. The maximum Gasteiger partial charge on any atom is 0.272 e. The molecule has 0 bridgehead atoms. The number of hydrogen-bond acceptors (Lipinski definition) is 4. The molecule has 0 aliphatic carbocycles. The molecular formula is C19H22FN5O3. The van der Waals surface area contributed by atoms with Gasteiger partial charge in [0.15, 0.2) is 5.69 Å². The SMILES string of the molecule is CCNC(=O)c1cc2n(n1)C[C@](C)(C(=O)NCc1ccc(F)cc1)N(C)C2=O. The summed E-state index contributed by atoms with van der Waals surface area (Å²) in [7, 11) is 1.54. The van der Waals surface area contributed by atoms with E-state index in [1.165, 1.54) is 27.8 Å². The van der Waals surface area contributed by atoms with Crippen molar-refractivity contribution in [2.75, 3.05) is 13.6 Å². The standard InChI is InChI=1S/C19H22FN5O3/c1-4-21-16(26)14-9-15-17(27)24(3)19(2,11-25(15)23-14)18(28)22-10-12-5-7-13(20)8-6-12/h5-9H,4,10-11H2,1-3H3,(H,21,26)(H,22,28)/t19-/m1/s1. The number of carbonyl (C=O) groups is 3. The smallest absolute Gasteiger partial charge is 0.272 e. The third-order valence-electron chi connectivity index (χ3n) is 4.93. The van der Waals surface area contributed by atoms with Gasteiger partial charge in [0, 0.05) is 26.2 Å². The fourth-order valence-corrected chi connectivity index (χ4v) is 3.06. The van der Waals surface area contributed by atoms with Crippen molar-refractivity contribution in [3.05, 3.63) is 53.1 Å². The molecule has 9 heteroatoms. The molecule has 0 saturated carbocycles. The molecular weight excluding hydrogens is 365 g/mol. The topological polar surface area (TPSA) is 96.3 Å². The molecule has 2 N–H and O–H groups in total. The van der Waals surface area contributed by atoms with Gasteiger partial charge in [-0.15, -0.1) is 0 Å². The number of carbonyl (C=O) groups excluding carboxylic acids is 3. The second-order valence-electron chi connectivity index (χ2n) is 6.88. The predicted octanol–water partition coefficient (Wildman–Crippen LogP) is 0.933. The Kier molecular flexibility index (Phi) is 5.17. The van der Waals surface area contributed by atoms with Crippen LogP contribution in [-0.2, 0) is 17.9 Å². The minimum absolute atomic E-state index is 0.110. The van der Waals surface area contributed by atoms with Gasteiger partial charge in [0.05, 0.1) is 6.54 Å². The van der Waals surface area contributed by atoms with E-state index >= 15 is 0 Å². The zero-order chi connectivity index (χ0) is 20.5. The number of amides is 3. The normalized spacial score (nSPS) is 18.6. The number of halogens is 1. The highest BCUT2D eigenvalue weighted by molar-refractivity contribution is 6.01. The number of rotatable bonds is 5. The Labute approximate surface area is 161 Å². The van der Waals surface area contributed by atoms with Crippen molar-refractivity contribution >= 4 is 17.7 Å². The minimum Gasteiger partial charge on any atom is -0.351 e. The molecule has 1 aliphatic rings. The van der Waals surface area contributed by atoms with Crippen LogP contribution in [-0.4, -0.2) is 51.5 Å². The summed E-state index contributed by atoms with van der Waals surface area (Å²) in [5, 5.41) is 9.62. The first-order valence-corrected chi connectivity index (χ1v) is 8.93. The molecule has 3 amide bonds. The molecule has 2 heterocycles. The van der Waals surface area contributed by atoms with Crippen LogP contribution in [0.1, 0.15) is 40.4 Å². The summed E-state index contributed by atoms with van der Waals surface area (Å²) in [6, 6.07) is 7.23. The Morgan fingerprint density at radius 1 is 1.25 bits per heavy atom. The Balaban J connectivity index is 1.79. The molecule has 0 fully saturated rings. The molecule has 28 heavy (non-hydrogen) atoms. The summed E-state index contributed by atoms with van der Waals surface area (Å²) >= 11 is 0. The quantitative estimate of drug-likeness (QED) is 0.798. The van der Waals surface area contributed by atoms with E-state index in [0.29, 0.717) is 6.54 Å². The molecule has 1 atom stereocenters. The Bertz CT molecular complexity index is 924. The van der Waals surface area contributed by atoms with Crippen LogP contribution < -0.4 is 10.6 Å². The summed E-state index contributed by atoms with van der Waals surface area (Å²) in [5.41, 5.74) is -0.0576. The molecule has 3 rings (SSSR count). The predicted molar refractivity (Wildman–Crippen MR) is 99.0 cm³/mol. The van der Waals surface area contributed by atoms with Crippen LogP contribution in [0.5, 0.6) is 0 Å². The van der Waals surface area contributed by atoms with E-state index < -0.39 is 11.4 Å². The lowest BCUT2D eigenvalue weighted by molar-refractivity contribution is -0.132. The van der Waals surface area contributed by atoms with Crippen LogP contribution in [0.3, 0.4) is 0 Å². The van der Waals surface area contributed by atoms with E-state index in [2.05, 4.69) is 15.7 Å². The van der Waals surface area contributed by atoms with Crippen molar-refractivity contribution in [1.29, 1.82) is 0 Å². The van der Waals surface area contributed by atoms with E-state index in [9.17, 15) is 18.8 Å². The van der Waals surface area contributed by atoms with E-state index in [1.54, 1.807) is 33.0 Å². The molecule has 0 unspecified atom stereocenters. The lowest BCUT2D eigenvalue weighted by Gasteiger charge is -2.40. The van der Waals surface area contributed by atoms with Gasteiger partial charge in [0.25, 0.3) is 11.8 Å². The Morgan fingerprint density at radius 2 is 1.93 bits per heavy atom. The lowest BCUT2D eigenvalue weighted by atomic mass is 9.96. The van der Waals surface area contributed by atoms with Crippen LogP contribution in [0.4, 0.5) is 4.39 Å². The van der Waals surface area contributed by atoms with Crippen molar-refractivity contribution in [2.45, 2.75) is 32.5 Å². The van der Waals surface area contributed by atoms with Crippen molar-refractivity contribution in [3.8, 4) is 0 Å². The fraction of sp³-hybridized carbons (Fsp3) is 0.368. The van der Waals surface area contributed by atoms with E-state index in [4.69, 9.17) is 0 Å². The number of hydrogen-bond donors (Lipinski definition) is 2. The van der Waals surface area contributed by atoms with Gasteiger partial charge < -0.3 is 15.5 Å². The van der Waals surface area contributed by atoms with Crippen molar-refractivity contribution in [1.82, 2.24) is 25.3 Å². The molecule has 1 aromatic carbocycles. The summed E-state index contributed by atoms with van der Waals surface area (Å²) in [5.74, 6) is -1.49. The Hall–Kier alpha value is -3.23. The second kappa shape index (κ2) is 7.41. The summed E-state index contributed by atoms with van der Waals surface area (Å²) in [6.07, 6.45) is 0. The van der Waals surface area contributed by atoms with E-state index in [-0.39, 0.29) is 42.1 Å². The van der Waals surface area contributed by atoms with Gasteiger partial charge in [-0.3, -0.25) is 19.1 Å². The third-order valence-corrected chi connectivity index (χ3v) is 4.93. The molecule has 148 valence electrons. The third kappa shape index (κ3) is 3.47. The number of likely N-dealkylation sites (N-methyl/N-ethyl adjacent to an activating group) is 1. The van der Waals surface area contributed by atoms with Crippen molar-refractivity contribution in [3.63, 3.8) is 0 Å². The maximum atomic E-state index is 13.0. The zero-order valence-electron chi connectivity index (χ0n) is 16.0. The first-order chi connectivity index (χ1) is 13.3. The van der Waals surface area contributed by atoms with E-state index in [1.807, 2.05) is 0 Å². The molecule has 0 saturated heterocycles. The van der Waals surface area contributed by atoms with Crippen LogP contribution >= 0.6 is 0 Å². The average molecular weight is 387 g/mol. The van der Waals surface area contributed by atoms with Gasteiger partial charge >= 0.3 is 0 Å². The second-order valence-corrected chi connectivity index (χ2v) is 6.88. The van der Waals surface area contributed by atoms with Gasteiger partial charge in [-0.1, -0.05) is 12.1 Å². The molecule has 1 aliphatic heterocycles. The fourth-order valence-electron chi connectivity index (χ4n) is 3.06. The maximum absolute atomic E-state index is 13.0. The first kappa shape index (κ1) is 19.5. The van der Waals surface area contributed by atoms with Gasteiger partial charge in [0.2, 0.25) is 5.91 Å². The van der Waals surface area contributed by atoms with Crippen molar-refractivity contribution < 1.29 is 18.8 Å². The van der Waals surface area contributed by atoms with E-state index in [0.717, 1.165) is 5.56 Å². The van der Waals surface area contributed by atoms with Crippen LogP contribution in [0.15, 0.2) is 30.3 Å². The molecule has 2 aromatic rings. The van der Waals surface area contributed by atoms with Gasteiger partial charge in [0.1, 0.15) is 17.1 Å². The number of benzene rings is 1. The highest BCUT2D eigenvalue weighted by atomic mass is 19.1. The first-order valence-electron chi connectivity index (χ1n) is 8.93. The molecule has 0 spiro atoms. The molecule has 1 aromatic heterocycles. The Morgan fingerprint density at radius 3 is 2.57 bits per heavy atom. The van der Waals surface area contributed by atoms with Crippen LogP contribution in [0.2, 0.25) is 0 Å². The summed E-state index contributed by atoms with van der Waals surface area (Å²) in [6.45, 7) is 4.18. The van der Waals surface area contributed by atoms with Crippen LogP contribution in [0.25, 0.3) is 0 Å². The average Bonchev–Trinajstić information content (AvgIpc) is 3.09. The largest absolute Gasteiger partial charge is 0.351 e. The molecule has 8 nitrogen and oxygen atoms in total. The van der Waals surface area contributed by atoms with Gasteiger partial charge in [-0.2, -0.15) is 5.10 Å². The lowest BCUT2D eigenvalue weighted by Crippen LogP contribution is -2.62. The van der Waals surface area contributed by atoms with Gasteiger partial charge in [-0.25, -0.2) is 4.39 Å². The number of nitrogens with zero attached hydrogens (tertiary/aromatic N) is 3. The minimum atomic E-state index is -1.19. The van der Waals surface area contributed by atoms with Gasteiger partial charge in [-0.05, 0) is 31.5 Å². The molecule has 0 radical (unpaired) electrons. The highest BCUT2D eigenvalue weighted by Crippen LogP contribution is 2.26. The monoisotopic (exact) mass is 387 g/mol. The zero-order valence-corrected chi connectivity index (χ0v) is 16.0. The summed E-state index contributed by atoms with van der Waals surface area (Å²) < 4.78 is 14.4. The summed E-state index contributed by atoms with van der Waals surface area (Å²) in [4.78, 5) is 39.0. The van der Waals surface area contributed by atoms with Crippen molar-refractivity contribution in [2.24, 2.45) is 0 Å². The van der Waals surface area contributed by atoms with Crippen LogP contribution in [0, 0.1) is 5.82 Å².